The molecule has 1 aromatic carbocycles. The van der Waals surface area contributed by atoms with Gasteiger partial charge >= 0.3 is 0 Å². The van der Waals surface area contributed by atoms with Gasteiger partial charge in [-0.3, -0.25) is 4.79 Å². The van der Waals surface area contributed by atoms with Crippen LogP contribution in [0.2, 0.25) is 0 Å². The van der Waals surface area contributed by atoms with Gasteiger partial charge in [0.15, 0.2) is 0 Å². The minimum Gasteiger partial charge on any atom is -0.485 e. The van der Waals surface area contributed by atoms with Crippen LogP contribution >= 0.6 is 0 Å². The first-order valence-corrected chi connectivity index (χ1v) is 8.26. The molecule has 1 amide bonds. The fourth-order valence-corrected chi connectivity index (χ4v) is 3.53. The first-order chi connectivity index (χ1) is 11.3. The lowest BCUT2D eigenvalue weighted by Crippen LogP contribution is -2.55. The number of carbonyl (C=O) groups excluding carboxylic acids is 1. The molecule has 0 saturated carbocycles. The number of likely N-dealkylation sites (N-methyl/N-ethyl adjacent to an activating group) is 1. The highest BCUT2D eigenvalue weighted by Crippen LogP contribution is 2.43. The van der Waals surface area contributed by atoms with Gasteiger partial charge in [0, 0.05) is 12.6 Å². The Labute approximate surface area is 142 Å². The number of fused-ring (bicyclic) bond motifs is 1. The number of nitrogens with zero attached hydrogens (tertiary/aromatic N) is 2. The van der Waals surface area contributed by atoms with Crippen LogP contribution in [0.3, 0.4) is 0 Å². The Bertz CT molecular complexity index is 689. The van der Waals surface area contributed by atoms with E-state index in [1.54, 1.807) is 44.0 Å². The molecule has 2 heterocycles. The van der Waals surface area contributed by atoms with Crippen LogP contribution in [-0.4, -0.2) is 47.3 Å². The summed E-state index contributed by atoms with van der Waals surface area (Å²) in [4.78, 5) is 14.4. The lowest BCUT2D eigenvalue weighted by molar-refractivity contribution is -0.143. The van der Waals surface area contributed by atoms with E-state index in [4.69, 9.17) is 4.74 Å². The maximum atomic E-state index is 12.8. The van der Waals surface area contributed by atoms with Crippen LogP contribution in [-0.2, 0) is 4.79 Å². The second kappa shape index (κ2) is 6.08. The van der Waals surface area contributed by atoms with Crippen molar-refractivity contribution >= 4 is 5.91 Å². The van der Waals surface area contributed by atoms with Crippen LogP contribution in [0.1, 0.15) is 43.9 Å². The highest BCUT2D eigenvalue weighted by atomic mass is 16.5. The van der Waals surface area contributed by atoms with E-state index in [0.29, 0.717) is 16.9 Å². The molecule has 1 saturated heterocycles. The van der Waals surface area contributed by atoms with Crippen molar-refractivity contribution in [3.8, 4) is 11.8 Å². The molecule has 6 nitrogen and oxygen atoms in total. The maximum Gasteiger partial charge on any atom is 0.240 e. The van der Waals surface area contributed by atoms with Crippen molar-refractivity contribution in [2.45, 2.75) is 50.5 Å². The summed E-state index contributed by atoms with van der Waals surface area (Å²) in [6.07, 6.45) is 0.882. The highest BCUT2D eigenvalue weighted by Gasteiger charge is 2.46. The lowest BCUT2D eigenvalue weighted by atomic mass is 9.85. The van der Waals surface area contributed by atoms with Crippen molar-refractivity contribution in [1.82, 2.24) is 10.2 Å². The van der Waals surface area contributed by atoms with E-state index in [1.165, 1.54) is 0 Å². The van der Waals surface area contributed by atoms with Gasteiger partial charge in [-0.05, 0) is 51.4 Å². The topological polar surface area (TPSA) is 85.6 Å². The van der Waals surface area contributed by atoms with Crippen molar-refractivity contribution in [1.29, 1.82) is 5.26 Å². The minimum atomic E-state index is -0.894. The third-order valence-corrected chi connectivity index (χ3v) is 4.97. The van der Waals surface area contributed by atoms with Crippen LogP contribution in [0.5, 0.6) is 5.75 Å². The highest BCUT2D eigenvalue weighted by molar-refractivity contribution is 5.82. The number of ether oxygens (including phenoxy) is 1. The first kappa shape index (κ1) is 16.7. The number of amides is 1. The Kier molecular flexibility index (Phi) is 4.24. The number of aliphatic hydroxyl groups excluding tert-OH is 1. The summed E-state index contributed by atoms with van der Waals surface area (Å²) < 4.78 is 5.90. The van der Waals surface area contributed by atoms with E-state index in [0.717, 1.165) is 19.4 Å². The van der Waals surface area contributed by atoms with Gasteiger partial charge in [-0.1, -0.05) is 0 Å². The monoisotopic (exact) mass is 329 g/mol. The number of hydrogen-bond donors (Lipinski definition) is 2. The van der Waals surface area contributed by atoms with Crippen molar-refractivity contribution in [3.63, 3.8) is 0 Å². The van der Waals surface area contributed by atoms with Crippen LogP contribution < -0.4 is 10.1 Å². The molecule has 1 aromatic rings. The van der Waals surface area contributed by atoms with Gasteiger partial charge in [0.2, 0.25) is 5.91 Å². The van der Waals surface area contributed by atoms with Gasteiger partial charge in [-0.25, -0.2) is 0 Å². The molecule has 2 aliphatic rings. The van der Waals surface area contributed by atoms with E-state index < -0.39 is 17.7 Å². The maximum absolute atomic E-state index is 12.8. The van der Waals surface area contributed by atoms with Gasteiger partial charge in [0.1, 0.15) is 17.5 Å². The number of carbonyl (C=O) groups is 1. The van der Waals surface area contributed by atoms with Crippen LogP contribution in [0.15, 0.2) is 18.2 Å². The van der Waals surface area contributed by atoms with E-state index in [1.807, 2.05) is 0 Å². The molecule has 0 unspecified atom stereocenters. The predicted octanol–water partition coefficient (Wildman–Crippen LogP) is 1.34. The van der Waals surface area contributed by atoms with Gasteiger partial charge in [-0.15, -0.1) is 0 Å². The smallest absolute Gasteiger partial charge is 0.240 e. The molecule has 0 spiro atoms. The van der Waals surface area contributed by atoms with Crippen molar-refractivity contribution < 1.29 is 14.6 Å². The van der Waals surface area contributed by atoms with E-state index in [2.05, 4.69) is 11.4 Å². The Morgan fingerprint density at radius 3 is 2.88 bits per heavy atom. The summed E-state index contributed by atoms with van der Waals surface area (Å²) in [6, 6.07) is 6.46. The standard InChI is InChI=1S/C18H23N3O3/c1-18(2)16(22)15(21(3)17(23)13-5-4-8-20-13)12-9-11(10-19)6-7-14(12)24-18/h6-7,9,13,15-16,20,22H,4-5,8H2,1-3H3/t13-,15+,16-/m0/s1. The average Bonchev–Trinajstić information content (AvgIpc) is 3.08. The van der Waals surface area contributed by atoms with Crippen LogP contribution in [0.4, 0.5) is 0 Å². The third-order valence-electron chi connectivity index (χ3n) is 4.97. The van der Waals surface area contributed by atoms with Gasteiger partial charge in [0.05, 0.1) is 23.7 Å². The molecule has 2 aliphatic heterocycles. The van der Waals surface area contributed by atoms with Crippen LogP contribution in [0.25, 0.3) is 0 Å². The summed E-state index contributed by atoms with van der Waals surface area (Å²) in [5, 5.41) is 23.2. The Morgan fingerprint density at radius 2 is 2.25 bits per heavy atom. The summed E-state index contributed by atoms with van der Waals surface area (Å²) >= 11 is 0. The van der Waals surface area contributed by atoms with Crippen molar-refractivity contribution in [2.75, 3.05) is 13.6 Å². The number of rotatable bonds is 2. The molecule has 128 valence electrons. The molecule has 0 aromatic heterocycles. The second-order valence-electron chi connectivity index (χ2n) is 7.06. The molecule has 3 rings (SSSR count). The molecule has 3 atom stereocenters. The van der Waals surface area contributed by atoms with E-state index >= 15 is 0 Å². The van der Waals surface area contributed by atoms with Gasteiger partial charge in [-0.2, -0.15) is 5.26 Å². The molecule has 0 aliphatic carbocycles. The molecule has 0 radical (unpaired) electrons. The Morgan fingerprint density at radius 1 is 1.50 bits per heavy atom. The molecule has 24 heavy (non-hydrogen) atoms. The SMILES string of the molecule is CN(C(=O)[C@@H]1CCCN1)[C@@H]1c2cc(C#N)ccc2OC(C)(C)[C@H]1O. The lowest BCUT2D eigenvalue weighted by Gasteiger charge is -2.45. The van der Waals surface area contributed by atoms with Crippen molar-refractivity contribution in [2.24, 2.45) is 0 Å². The quantitative estimate of drug-likeness (QED) is 0.855. The zero-order chi connectivity index (χ0) is 17.5. The third kappa shape index (κ3) is 2.74. The molecular weight excluding hydrogens is 306 g/mol. The Hall–Kier alpha value is -2.10. The van der Waals surface area contributed by atoms with Gasteiger partial charge in [0.25, 0.3) is 0 Å². The minimum absolute atomic E-state index is 0.0393. The normalized spacial score (nSPS) is 27.7. The van der Waals surface area contributed by atoms with Crippen LogP contribution in [0, 0.1) is 11.3 Å². The molecule has 6 heteroatoms. The molecular formula is C18H23N3O3. The molecule has 0 bridgehead atoms. The largest absolute Gasteiger partial charge is 0.485 e. The second-order valence-corrected chi connectivity index (χ2v) is 7.06. The zero-order valence-electron chi connectivity index (χ0n) is 14.2. The Balaban J connectivity index is 2.01. The first-order valence-electron chi connectivity index (χ1n) is 8.26. The summed E-state index contributed by atoms with van der Waals surface area (Å²) in [6.45, 7) is 4.44. The predicted molar refractivity (Wildman–Crippen MR) is 88.4 cm³/mol. The summed E-state index contributed by atoms with van der Waals surface area (Å²) in [5.74, 6) is 0.566. The number of aliphatic hydroxyl groups is 1. The average molecular weight is 329 g/mol. The van der Waals surface area contributed by atoms with Gasteiger partial charge < -0.3 is 20.1 Å². The fraction of sp³-hybridized carbons (Fsp3) is 0.556. The number of benzene rings is 1. The zero-order valence-corrected chi connectivity index (χ0v) is 14.2. The fourth-order valence-electron chi connectivity index (χ4n) is 3.53. The molecule has 1 fully saturated rings. The molecule has 2 N–H and O–H groups in total. The number of nitriles is 1. The number of nitrogens with one attached hydrogen (secondary N) is 1. The van der Waals surface area contributed by atoms with Crippen molar-refractivity contribution in [3.05, 3.63) is 29.3 Å². The summed E-state index contributed by atoms with van der Waals surface area (Å²) in [7, 11) is 1.71. The van der Waals surface area contributed by atoms with E-state index in [-0.39, 0.29) is 11.9 Å². The van der Waals surface area contributed by atoms with E-state index in [9.17, 15) is 15.2 Å². The summed E-state index contributed by atoms with van der Waals surface area (Å²) in [5.41, 5.74) is 0.326. The number of hydrogen-bond acceptors (Lipinski definition) is 5.